The molecule has 0 aromatic carbocycles. The molecule has 0 radical (unpaired) electrons. The highest BCUT2D eigenvalue weighted by atomic mass is 35.5. The molecule has 1 aromatic heterocycles. The van der Waals surface area contributed by atoms with Crippen LogP contribution in [0.1, 0.15) is 10.4 Å². The van der Waals surface area contributed by atoms with Gasteiger partial charge in [-0.15, -0.1) is 0 Å². The van der Waals surface area contributed by atoms with E-state index in [0.29, 0.717) is 0 Å². The molecule has 1 fully saturated rings. The number of alkyl halides is 3. The van der Waals surface area contributed by atoms with Gasteiger partial charge < -0.3 is 4.90 Å². The van der Waals surface area contributed by atoms with Crippen LogP contribution in [-0.4, -0.2) is 59.6 Å². The van der Waals surface area contributed by atoms with Crippen LogP contribution in [0.15, 0.2) is 12.3 Å². The van der Waals surface area contributed by atoms with E-state index in [2.05, 4.69) is 4.98 Å². The fourth-order valence-corrected chi connectivity index (χ4v) is 2.45. The first kappa shape index (κ1) is 16.3. The predicted octanol–water partition coefficient (Wildman–Crippen LogP) is 2.71. The van der Waals surface area contributed by atoms with Crippen molar-refractivity contribution >= 4 is 29.1 Å². The molecule has 21 heavy (non-hydrogen) atoms. The average Bonchev–Trinajstić information content (AvgIpc) is 2.40. The first-order valence-corrected chi connectivity index (χ1v) is 6.91. The van der Waals surface area contributed by atoms with Gasteiger partial charge in [0.25, 0.3) is 5.91 Å². The number of carbonyl (C=O) groups is 1. The normalized spacial score (nSPS) is 17.1. The van der Waals surface area contributed by atoms with E-state index in [9.17, 15) is 18.0 Å². The molecule has 2 rings (SSSR count). The molecule has 0 atom stereocenters. The molecule has 0 saturated carbocycles. The van der Waals surface area contributed by atoms with Gasteiger partial charge in [-0.2, -0.15) is 13.2 Å². The minimum Gasteiger partial charge on any atom is -0.336 e. The third-order valence-electron chi connectivity index (χ3n) is 3.11. The SMILES string of the molecule is O=C(c1cc(Cl)ncc1Cl)N1CCN(CC(F)(F)F)CC1. The van der Waals surface area contributed by atoms with Crippen LogP contribution < -0.4 is 0 Å². The minimum absolute atomic E-state index is 0.137. The van der Waals surface area contributed by atoms with Gasteiger partial charge in [-0.05, 0) is 6.07 Å². The van der Waals surface area contributed by atoms with Crippen molar-refractivity contribution in [3.63, 3.8) is 0 Å². The van der Waals surface area contributed by atoms with Gasteiger partial charge in [0.15, 0.2) is 0 Å². The second kappa shape index (κ2) is 6.37. The van der Waals surface area contributed by atoms with E-state index in [1.54, 1.807) is 0 Å². The van der Waals surface area contributed by atoms with E-state index in [4.69, 9.17) is 23.2 Å². The summed E-state index contributed by atoms with van der Waals surface area (Å²) >= 11 is 11.6. The predicted molar refractivity (Wildman–Crippen MR) is 72.7 cm³/mol. The molecule has 1 aliphatic rings. The van der Waals surface area contributed by atoms with Crippen molar-refractivity contribution in [1.82, 2.24) is 14.8 Å². The molecular formula is C12H12Cl2F3N3O. The Bertz CT molecular complexity index is 531. The fourth-order valence-electron chi connectivity index (χ4n) is 2.11. The molecule has 1 aliphatic heterocycles. The van der Waals surface area contributed by atoms with Crippen molar-refractivity contribution in [2.45, 2.75) is 6.18 Å². The second-order valence-electron chi connectivity index (χ2n) is 4.67. The minimum atomic E-state index is -4.23. The Morgan fingerprint density at radius 2 is 1.86 bits per heavy atom. The largest absolute Gasteiger partial charge is 0.401 e. The zero-order chi connectivity index (χ0) is 15.6. The van der Waals surface area contributed by atoms with E-state index in [-0.39, 0.29) is 47.8 Å². The van der Waals surface area contributed by atoms with Crippen LogP contribution in [0.3, 0.4) is 0 Å². The summed E-state index contributed by atoms with van der Waals surface area (Å²) in [4.78, 5) is 18.8. The number of pyridine rings is 1. The molecule has 0 unspecified atom stereocenters. The Hall–Kier alpha value is -1.05. The lowest BCUT2D eigenvalue weighted by Crippen LogP contribution is -2.51. The Labute approximate surface area is 129 Å². The number of carbonyl (C=O) groups excluding carboxylic acids is 1. The molecule has 9 heteroatoms. The van der Waals surface area contributed by atoms with Gasteiger partial charge >= 0.3 is 6.18 Å². The summed E-state index contributed by atoms with van der Waals surface area (Å²) in [6.45, 7) is -0.198. The monoisotopic (exact) mass is 341 g/mol. The quantitative estimate of drug-likeness (QED) is 0.776. The van der Waals surface area contributed by atoms with Crippen LogP contribution >= 0.6 is 23.2 Å². The molecule has 1 saturated heterocycles. The highest BCUT2D eigenvalue weighted by Gasteiger charge is 2.33. The molecule has 116 valence electrons. The number of halogens is 5. The van der Waals surface area contributed by atoms with E-state index in [1.165, 1.54) is 22.1 Å². The molecule has 1 aromatic rings. The van der Waals surface area contributed by atoms with Crippen molar-refractivity contribution in [3.05, 3.63) is 28.0 Å². The standard InChI is InChI=1S/C12H12Cl2F3N3O/c13-9-6-18-10(14)5-8(9)11(21)20-3-1-19(2-4-20)7-12(15,16)17/h5-6H,1-4,7H2. The van der Waals surface area contributed by atoms with Crippen LogP contribution in [0.5, 0.6) is 0 Å². The van der Waals surface area contributed by atoms with Crippen LogP contribution in [0, 0.1) is 0 Å². The van der Waals surface area contributed by atoms with Crippen LogP contribution in [0.2, 0.25) is 10.2 Å². The van der Waals surface area contributed by atoms with E-state index in [0.717, 1.165) is 0 Å². The summed E-state index contributed by atoms with van der Waals surface area (Å²) < 4.78 is 36.9. The maximum absolute atomic E-state index is 12.3. The van der Waals surface area contributed by atoms with Gasteiger partial charge in [-0.1, -0.05) is 23.2 Å². The van der Waals surface area contributed by atoms with E-state index < -0.39 is 12.7 Å². The lowest BCUT2D eigenvalue weighted by atomic mass is 10.2. The van der Waals surface area contributed by atoms with Gasteiger partial charge in [0.2, 0.25) is 0 Å². The lowest BCUT2D eigenvalue weighted by Gasteiger charge is -2.35. The highest BCUT2D eigenvalue weighted by Crippen LogP contribution is 2.22. The van der Waals surface area contributed by atoms with Gasteiger partial charge in [0.1, 0.15) is 5.15 Å². The van der Waals surface area contributed by atoms with Crippen molar-refractivity contribution in [1.29, 1.82) is 0 Å². The fraction of sp³-hybridized carbons (Fsp3) is 0.500. The maximum Gasteiger partial charge on any atom is 0.401 e. The maximum atomic E-state index is 12.3. The van der Waals surface area contributed by atoms with Gasteiger partial charge in [0.05, 0.1) is 17.1 Å². The highest BCUT2D eigenvalue weighted by molar-refractivity contribution is 6.35. The van der Waals surface area contributed by atoms with Crippen LogP contribution in [0.25, 0.3) is 0 Å². The Morgan fingerprint density at radius 1 is 1.24 bits per heavy atom. The summed E-state index contributed by atoms with van der Waals surface area (Å²) in [5.41, 5.74) is 0.209. The van der Waals surface area contributed by atoms with E-state index in [1.807, 2.05) is 0 Å². The summed E-state index contributed by atoms with van der Waals surface area (Å²) in [5.74, 6) is -0.351. The summed E-state index contributed by atoms with van der Waals surface area (Å²) in [6, 6.07) is 1.36. The second-order valence-corrected chi connectivity index (χ2v) is 5.46. The zero-order valence-corrected chi connectivity index (χ0v) is 12.3. The number of amides is 1. The number of hydrogen-bond donors (Lipinski definition) is 0. The van der Waals surface area contributed by atoms with Gasteiger partial charge in [-0.3, -0.25) is 9.69 Å². The molecule has 2 heterocycles. The summed E-state index contributed by atoms with van der Waals surface area (Å²) in [5, 5.41) is 0.306. The van der Waals surface area contributed by atoms with Crippen LogP contribution in [0.4, 0.5) is 13.2 Å². The van der Waals surface area contributed by atoms with E-state index >= 15 is 0 Å². The van der Waals surface area contributed by atoms with Gasteiger partial charge in [0, 0.05) is 32.4 Å². The molecule has 0 bridgehead atoms. The Balaban J connectivity index is 1.99. The first-order chi connectivity index (χ1) is 9.76. The molecule has 1 amide bonds. The smallest absolute Gasteiger partial charge is 0.336 e. The number of piperazine rings is 1. The topological polar surface area (TPSA) is 36.4 Å². The average molecular weight is 342 g/mol. The first-order valence-electron chi connectivity index (χ1n) is 6.16. The molecule has 4 nitrogen and oxygen atoms in total. The summed E-state index contributed by atoms with van der Waals surface area (Å²) in [6.07, 6.45) is -2.95. The molecule has 0 spiro atoms. The number of aromatic nitrogens is 1. The lowest BCUT2D eigenvalue weighted by molar-refractivity contribution is -0.148. The number of hydrogen-bond acceptors (Lipinski definition) is 3. The van der Waals surface area contributed by atoms with Gasteiger partial charge in [-0.25, -0.2) is 4.98 Å². The van der Waals surface area contributed by atoms with Crippen molar-refractivity contribution < 1.29 is 18.0 Å². The van der Waals surface area contributed by atoms with Crippen LogP contribution in [-0.2, 0) is 0 Å². The van der Waals surface area contributed by atoms with Crippen molar-refractivity contribution in [2.75, 3.05) is 32.7 Å². The molecule has 0 N–H and O–H groups in total. The Morgan fingerprint density at radius 3 is 2.43 bits per heavy atom. The van der Waals surface area contributed by atoms with Crippen molar-refractivity contribution in [2.24, 2.45) is 0 Å². The molecule has 0 aliphatic carbocycles. The molecular weight excluding hydrogens is 330 g/mol. The van der Waals surface area contributed by atoms with Crippen molar-refractivity contribution in [3.8, 4) is 0 Å². The number of nitrogens with zero attached hydrogens (tertiary/aromatic N) is 3. The number of rotatable bonds is 2. The zero-order valence-electron chi connectivity index (χ0n) is 10.8. The third kappa shape index (κ3) is 4.46. The third-order valence-corrected chi connectivity index (χ3v) is 3.62. The Kier molecular flexibility index (Phi) is 4.95. The summed E-state index contributed by atoms with van der Waals surface area (Å²) in [7, 11) is 0.